The predicted octanol–water partition coefficient (Wildman–Crippen LogP) is 11.2. The molecule has 4 saturated carbocycles. The number of fused-ring (bicyclic) bond motifs is 5. The Morgan fingerprint density at radius 1 is 0.667 bits per heavy atom. The van der Waals surface area contributed by atoms with E-state index in [2.05, 4.69) is 20.8 Å². The van der Waals surface area contributed by atoms with Crippen LogP contribution in [0, 0.1) is 52.3 Å². The van der Waals surface area contributed by atoms with Crippen molar-refractivity contribution in [3.8, 4) is 0 Å². The van der Waals surface area contributed by atoms with Crippen molar-refractivity contribution in [3.05, 3.63) is 108 Å². The average Bonchev–Trinajstić information content (AvgIpc) is 3.66. The normalized spacial score (nSPS) is 28.7. The van der Waals surface area contributed by atoms with Crippen LogP contribution in [0.1, 0.15) is 121 Å². The van der Waals surface area contributed by atoms with Crippen LogP contribution in [-0.4, -0.2) is 42.1 Å². The van der Waals surface area contributed by atoms with Crippen LogP contribution in [0.2, 0.25) is 0 Å². The summed E-state index contributed by atoms with van der Waals surface area (Å²) in [6.45, 7) is 6.84. The molecule has 3 aromatic rings. The molecule has 10 nitrogen and oxygen atoms in total. The van der Waals surface area contributed by atoms with Gasteiger partial charge < -0.3 is 28.4 Å². The van der Waals surface area contributed by atoms with Crippen molar-refractivity contribution in [2.24, 2.45) is 52.3 Å². The molecule has 4 fully saturated rings. The van der Waals surface area contributed by atoms with Gasteiger partial charge in [0.15, 0.2) is 0 Å². The van der Waals surface area contributed by atoms with E-state index in [1.54, 1.807) is 0 Å². The minimum atomic E-state index is -3.93. The Morgan fingerprint density at radius 2 is 1.21 bits per heavy atom. The Morgan fingerprint density at radius 3 is 1.81 bits per heavy atom. The lowest BCUT2D eigenvalue weighted by molar-refractivity contribution is -0.167. The molecule has 10 atom stereocenters. The summed E-state index contributed by atoms with van der Waals surface area (Å²) in [5.74, 6) is 1.10. The van der Waals surface area contributed by atoms with Gasteiger partial charge in [0.05, 0.1) is 31.4 Å². The molecule has 4 aliphatic carbocycles. The summed E-state index contributed by atoms with van der Waals surface area (Å²) in [5, 5.41) is 10.4. The summed E-state index contributed by atoms with van der Waals surface area (Å²) in [6.07, 6.45) is 10.9. The van der Waals surface area contributed by atoms with Crippen LogP contribution in [0.4, 0.5) is 0 Å². The minimum Gasteiger partial charge on any atom is -0.461 e. The highest BCUT2D eigenvalue weighted by Crippen LogP contribution is 2.68. The molecule has 0 spiro atoms. The summed E-state index contributed by atoms with van der Waals surface area (Å²) in [4.78, 5) is 39.6. The fourth-order valence-electron chi connectivity index (χ4n) is 12.4. The van der Waals surface area contributed by atoms with E-state index in [-0.39, 0.29) is 56.8 Å². The van der Waals surface area contributed by atoms with E-state index in [1.807, 2.05) is 91.0 Å². The predicted molar refractivity (Wildman–Crippen MR) is 241 cm³/mol. The van der Waals surface area contributed by atoms with E-state index < -0.39 is 38.2 Å². The zero-order chi connectivity index (χ0) is 44.5. The fraction of sp³-hybridized carbons (Fsp3) is 0.596. The molecular weight excluding hydrogens is 816 g/mol. The Balaban J connectivity index is 0.894. The topological polar surface area (TPSA) is 135 Å². The molecule has 7 rings (SSSR count). The van der Waals surface area contributed by atoms with E-state index in [0.717, 1.165) is 60.1 Å². The maximum atomic E-state index is 14.4. The van der Waals surface area contributed by atoms with Crippen LogP contribution in [0.15, 0.2) is 91.0 Å². The highest BCUT2D eigenvalue weighted by Gasteiger charge is 2.60. The van der Waals surface area contributed by atoms with Crippen molar-refractivity contribution in [1.82, 2.24) is 0 Å². The second-order valence-electron chi connectivity index (χ2n) is 19.6. The van der Waals surface area contributed by atoms with Crippen LogP contribution in [0.25, 0.3) is 0 Å². The summed E-state index contributed by atoms with van der Waals surface area (Å²) in [6, 6.07) is 27.8. The Labute approximate surface area is 374 Å². The summed E-state index contributed by atoms with van der Waals surface area (Å²) >= 11 is 0. The maximum absolute atomic E-state index is 14.4. The number of aliphatic hydroxyl groups is 1. The van der Waals surface area contributed by atoms with Gasteiger partial charge in [0, 0.05) is 12.8 Å². The highest BCUT2D eigenvalue weighted by molar-refractivity contribution is 7.53. The van der Waals surface area contributed by atoms with E-state index in [1.165, 1.54) is 38.5 Å². The van der Waals surface area contributed by atoms with Gasteiger partial charge in [-0.05, 0) is 134 Å². The van der Waals surface area contributed by atoms with Crippen molar-refractivity contribution in [3.63, 3.8) is 0 Å². The lowest BCUT2D eigenvalue weighted by Gasteiger charge is -2.61. The number of carbonyl (C=O) groups excluding carboxylic acids is 3. The molecule has 11 heteroatoms. The maximum Gasteiger partial charge on any atom is 0.332 e. The van der Waals surface area contributed by atoms with Crippen LogP contribution >= 0.6 is 7.60 Å². The molecule has 0 amide bonds. The molecule has 0 radical (unpaired) electrons. The molecule has 5 unspecified atom stereocenters. The zero-order valence-corrected chi connectivity index (χ0v) is 38.5. The first-order valence-electron chi connectivity index (χ1n) is 23.5. The second-order valence-corrected chi connectivity index (χ2v) is 21.7. The van der Waals surface area contributed by atoms with Crippen molar-refractivity contribution >= 4 is 25.5 Å². The van der Waals surface area contributed by atoms with E-state index in [4.69, 9.17) is 23.3 Å². The molecule has 0 saturated heterocycles. The van der Waals surface area contributed by atoms with Crippen molar-refractivity contribution in [2.45, 2.75) is 130 Å². The monoisotopic (exact) mass is 884 g/mol. The number of ether oxygens (including phenoxy) is 3. The lowest BCUT2D eigenvalue weighted by atomic mass is 9.44. The smallest absolute Gasteiger partial charge is 0.332 e. The molecule has 3 aromatic carbocycles. The molecule has 4 aliphatic rings. The van der Waals surface area contributed by atoms with Crippen molar-refractivity contribution in [2.75, 3.05) is 13.0 Å². The number of benzene rings is 3. The van der Waals surface area contributed by atoms with Crippen LogP contribution in [0.3, 0.4) is 0 Å². The van der Waals surface area contributed by atoms with Gasteiger partial charge in [-0.25, -0.2) is 0 Å². The van der Waals surface area contributed by atoms with Crippen LogP contribution in [0.5, 0.6) is 0 Å². The van der Waals surface area contributed by atoms with Gasteiger partial charge >= 0.3 is 25.5 Å². The first kappa shape index (κ1) is 47.2. The Kier molecular flexibility index (Phi) is 16.1. The first-order valence-corrected chi connectivity index (χ1v) is 25.2. The van der Waals surface area contributed by atoms with E-state index in [0.29, 0.717) is 23.2 Å². The summed E-state index contributed by atoms with van der Waals surface area (Å²) < 4.78 is 42.8. The summed E-state index contributed by atoms with van der Waals surface area (Å²) in [5.41, 5.74) is 2.99. The molecule has 0 aliphatic heterocycles. The largest absolute Gasteiger partial charge is 0.461 e. The average molecular weight is 885 g/mol. The van der Waals surface area contributed by atoms with Crippen molar-refractivity contribution in [1.29, 1.82) is 0 Å². The van der Waals surface area contributed by atoms with Gasteiger partial charge in [0.2, 0.25) is 6.79 Å². The third kappa shape index (κ3) is 11.9. The summed E-state index contributed by atoms with van der Waals surface area (Å²) in [7, 11) is -3.93. The molecule has 0 aromatic heterocycles. The van der Waals surface area contributed by atoms with Crippen molar-refractivity contribution < 1.29 is 47.3 Å². The number of aliphatic hydroxyl groups excluding tert-OH is 1. The molecular formula is C52H69O10P. The van der Waals surface area contributed by atoms with Crippen LogP contribution in [-0.2, 0) is 62.0 Å². The van der Waals surface area contributed by atoms with Gasteiger partial charge in [0.1, 0.15) is 6.61 Å². The third-order valence-electron chi connectivity index (χ3n) is 15.9. The molecule has 0 bridgehead atoms. The number of rotatable bonds is 20. The lowest BCUT2D eigenvalue weighted by Crippen LogP contribution is -2.54. The van der Waals surface area contributed by atoms with Crippen LogP contribution < -0.4 is 0 Å². The van der Waals surface area contributed by atoms with Gasteiger partial charge in [-0.2, -0.15) is 0 Å². The molecule has 342 valence electrons. The fourth-order valence-corrected chi connectivity index (χ4v) is 14.2. The number of hydrogen-bond acceptors (Lipinski definition) is 10. The van der Waals surface area contributed by atoms with E-state index >= 15 is 0 Å². The molecule has 63 heavy (non-hydrogen) atoms. The van der Waals surface area contributed by atoms with Gasteiger partial charge in [-0.15, -0.1) is 0 Å². The quantitative estimate of drug-likeness (QED) is 0.0664. The third-order valence-corrected chi connectivity index (χ3v) is 17.8. The van der Waals surface area contributed by atoms with Gasteiger partial charge in [-0.3, -0.25) is 18.9 Å². The highest BCUT2D eigenvalue weighted by atomic mass is 31.2. The number of hydrogen-bond donors (Lipinski definition) is 1. The Bertz CT molecular complexity index is 1950. The van der Waals surface area contributed by atoms with E-state index in [9.17, 15) is 24.1 Å². The first-order chi connectivity index (χ1) is 30.3. The molecule has 1 N–H and O–H groups in total. The van der Waals surface area contributed by atoms with Gasteiger partial charge in [0.25, 0.3) is 0 Å². The SMILES string of the molecule is C[C@H](CCC(=O)OCOC(=O)CCC(CP(=O)(OCc1ccccc1)OCc1ccccc1)C(=O)OCc1ccccc1)C1CCC2C3CC[C@@H]4C[C@H](O)CC[C@]4(C)C3CC[C@@]21C. The Hall–Kier alpha value is -3.82. The second kappa shape index (κ2) is 21.4. The van der Waals surface area contributed by atoms with Gasteiger partial charge in [-0.1, -0.05) is 112 Å². The number of carbonyl (C=O) groups is 3. The minimum absolute atomic E-state index is 0.000828. The molecule has 0 heterocycles. The number of esters is 3. The zero-order valence-electron chi connectivity index (χ0n) is 37.6. The standard InChI is InChI=1S/C52H69O10P/c1-37(45-23-24-46-44-22-21-42-31-43(53)27-29-51(42,2)47(44)28-30-52(45,46)3)19-25-48(54)59-36-60-49(55)26-20-41(50(56)58-32-38-13-7-4-8-14-38)35-63(57,61-33-39-15-9-5-10-16-39)62-34-40-17-11-6-12-18-40/h4-18,37,41-47,53H,19-36H2,1-3H3/t37-,41?,42-,43-,44?,45?,46?,47?,51+,52-/m1/s1.